The van der Waals surface area contributed by atoms with Crippen LogP contribution < -0.4 is 0 Å². The lowest BCUT2D eigenvalue weighted by Crippen LogP contribution is -2.37. The average Bonchev–Trinajstić information content (AvgIpc) is 2.44. The summed E-state index contributed by atoms with van der Waals surface area (Å²) in [5.41, 5.74) is 0.761. The predicted octanol–water partition coefficient (Wildman–Crippen LogP) is 4.90. The Kier molecular flexibility index (Phi) is 7.61. The maximum atomic E-state index is 12.1. The second-order valence-corrected chi connectivity index (χ2v) is 7.62. The van der Waals surface area contributed by atoms with Gasteiger partial charge in [-0.2, -0.15) is 0 Å². The normalized spacial score (nSPS) is 19.3. The summed E-state index contributed by atoms with van der Waals surface area (Å²) in [5, 5.41) is 0. The Morgan fingerprint density at radius 2 is 1.77 bits per heavy atom. The molecule has 128 valence electrons. The molecular formula is C19H34O3. The maximum absolute atomic E-state index is 12.1. The zero-order valence-electron chi connectivity index (χ0n) is 15.3. The summed E-state index contributed by atoms with van der Waals surface area (Å²) in [6.45, 7) is 12.8. The lowest BCUT2D eigenvalue weighted by molar-refractivity contribution is -0.161. The van der Waals surface area contributed by atoms with E-state index in [-0.39, 0.29) is 18.0 Å². The molecule has 0 aliphatic heterocycles. The zero-order chi connectivity index (χ0) is 16.8. The molecular weight excluding hydrogens is 276 g/mol. The molecule has 0 bridgehead atoms. The van der Waals surface area contributed by atoms with Crippen LogP contribution in [0.1, 0.15) is 73.6 Å². The Bertz CT molecular complexity index is 376. The van der Waals surface area contributed by atoms with Crippen molar-refractivity contribution in [2.24, 2.45) is 11.8 Å². The van der Waals surface area contributed by atoms with Gasteiger partial charge in [-0.25, -0.2) is 0 Å². The number of rotatable bonds is 7. The molecule has 1 aliphatic carbocycles. The number of hydrogen-bond donors (Lipinski definition) is 0. The van der Waals surface area contributed by atoms with Gasteiger partial charge in [0.15, 0.2) is 0 Å². The van der Waals surface area contributed by atoms with Crippen LogP contribution in [0.5, 0.6) is 0 Å². The van der Waals surface area contributed by atoms with Gasteiger partial charge in [-0.15, -0.1) is 0 Å². The van der Waals surface area contributed by atoms with E-state index in [1.165, 1.54) is 12.0 Å². The molecule has 1 unspecified atom stereocenters. The van der Waals surface area contributed by atoms with Crippen molar-refractivity contribution in [3.8, 4) is 0 Å². The second kappa shape index (κ2) is 8.71. The lowest BCUT2D eigenvalue weighted by Gasteiger charge is -2.30. The van der Waals surface area contributed by atoms with Crippen LogP contribution in [0.4, 0.5) is 0 Å². The van der Waals surface area contributed by atoms with E-state index in [0.717, 1.165) is 25.7 Å². The molecule has 0 aromatic heterocycles. The van der Waals surface area contributed by atoms with Crippen LogP contribution in [-0.2, 0) is 14.3 Å². The van der Waals surface area contributed by atoms with Crippen LogP contribution in [0, 0.1) is 11.8 Å². The molecule has 1 rings (SSSR count). The zero-order valence-corrected chi connectivity index (χ0v) is 15.3. The Morgan fingerprint density at radius 1 is 1.18 bits per heavy atom. The van der Waals surface area contributed by atoms with Crippen LogP contribution >= 0.6 is 0 Å². The summed E-state index contributed by atoms with van der Waals surface area (Å²) >= 11 is 0. The van der Waals surface area contributed by atoms with E-state index in [4.69, 9.17) is 9.47 Å². The molecule has 0 aromatic carbocycles. The number of carbonyl (C=O) groups excluding carboxylic acids is 1. The van der Waals surface area contributed by atoms with Crippen LogP contribution in [0.15, 0.2) is 11.6 Å². The van der Waals surface area contributed by atoms with E-state index >= 15 is 0 Å². The summed E-state index contributed by atoms with van der Waals surface area (Å²) in [4.78, 5) is 12.1. The van der Waals surface area contributed by atoms with Crippen LogP contribution in [0.2, 0.25) is 0 Å². The molecule has 0 radical (unpaired) electrons. The van der Waals surface area contributed by atoms with Crippen molar-refractivity contribution in [2.75, 3.05) is 6.61 Å². The van der Waals surface area contributed by atoms with E-state index in [9.17, 15) is 4.79 Å². The summed E-state index contributed by atoms with van der Waals surface area (Å²) in [5.74, 6) is 0.571. The van der Waals surface area contributed by atoms with Crippen molar-refractivity contribution in [1.29, 1.82) is 0 Å². The van der Waals surface area contributed by atoms with Gasteiger partial charge in [0.25, 0.3) is 0 Å². The fraction of sp³-hybridized carbons (Fsp3) is 0.842. The standard InChI is InChI=1S/C19H34O3/c1-14(2)12-15(3)16(4)22-19(5,6)13-21-18(20)17-10-8-7-9-11-17/h12,14,16-17H,7-11,13H2,1-6H3/b15-12+. The van der Waals surface area contributed by atoms with Crippen LogP contribution in [0.25, 0.3) is 0 Å². The fourth-order valence-corrected chi connectivity index (χ4v) is 2.97. The average molecular weight is 310 g/mol. The SMILES string of the molecule is C/C(=C\C(C)C)C(C)OC(C)(C)COC(=O)C1CCCCC1. The molecule has 22 heavy (non-hydrogen) atoms. The molecule has 1 atom stereocenters. The van der Waals surface area contributed by atoms with Crippen molar-refractivity contribution >= 4 is 5.97 Å². The van der Waals surface area contributed by atoms with Crippen molar-refractivity contribution in [2.45, 2.75) is 85.4 Å². The Hall–Kier alpha value is -0.830. The highest BCUT2D eigenvalue weighted by Gasteiger charge is 2.28. The van der Waals surface area contributed by atoms with Crippen molar-refractivity contribution in [3.63, 3.8) is 0 Å². The number of hydrogen-bond acceptors (Lipinski definition) is 3. The minimum atomic E-state index is -0.462. The Balaban J connectivity index is 2.44. The highest BCUT2D eigenvalue weighted by atomic mass is 16.6. The monoisotopic (exact) mass is 310 g/mol. The first-order chi connectivity index (χ1) is 10.2. The smallest absolute Gasteiger partial charge is 0.309 e. The van der Waals surface area contributed by atoms with E-state index in [1.807, 2.05) is 13.8 Å². The quantitative estimate of drug-likeness (QED) is 0.496. The predicted molar refractivity (Wildman–Crippen MR) is 90.8 cm³/mol. The topological polar surface area (TPSA) is 35.5 Å². The molecule has 1 saturated carbocycles. The second-order valence-electron chi connectivity index (χ2n) is 7.62. The van der Waals surface area contributed by atoms with Gasteiger partial charge in [-0.3, -0.25) is 4.79 Å². The third-order valence-corrected chi connectivity index (χ3v) is 4.23. The molecule has 1 aliphatic rings. The third kappa shape index (κ3) is 6.95. The highest BCUT2D eigenvalue weighted by Crippen LogP contribution is 2.25. The molecule has 0 heterocycles. The summed E-state index contributed by atoms with van der Waals surface area (Å²) in [7, 11) is 0. The number of allylic oxidation sites excluding steroid dienone is 1. The van der Waals surface area contributed by atoms with E-state index in [1.54, 1.807) is 0 Å². The molecule has 3 heteroatoms. The largest absolute Gasteiger partial charge is 0.462 e. The molecule has 0 saturated heterocycles. The Labute approximate surface area is 136 Å². The van der Waals surface area contributed by atoms with Gasteiger partial charge in [-0.1, -0.05) is 39.2 Å². The van der Waals surface area contributed by atoms with E-state index in [2.05, 4.69) is 33.8 Å². The molecule has 1 fully saturated rings. The minimum absolute atomic E-state index is 0.0331. The van der Waals surface area contributed by atoms with Crippen molar-refractivity contribution < 1.29 is 14.3 Å². The van der Waals surface area contributed by atoms with E-state index in [0.29, 0.717) is 12.5 Å². The molecule has 0 amide bonds. The highest BCUT2D eigenvalue weighted by molar-refractivity contribution is 5.72. The van der Waals surface area contributed by atoms with Gasteiger partial charge in [0.1, 0.15) is 6.61 Å². The molecule has 0 N–H and O–H groups in total. The molecule has 0 aromatic rings. The first kappa shape index (κ1) is 19.2. The van der Waals surface area contributed by atoms with E-state index < -0.39 is 5.60 Å². The summed E-state index contributed by atoms with van der Waals surface area (Å²) in [6.07, 6.45) is 7.75. The van der Waals surface area contributed by atoms with Crippen molar-refractivity contribution in [3.05, 3.63) is 11.6 Å². The van der Waals surface area contributed by atoms with Crippen molar-refractivity contribution in [1.82, 2.24) is 0 Å². The third-order valence-electron chi connectivity index (χ3n) is 4.23. The molecule has 0 spiro atoms. The molecule has 3 nitrogen and oxygen atoms in total. The number of ether oxygens (including phenoxy) is 2. The fourth-order valence-electron chi connectivity index (χ4n) is 2.97. The number of carbonyl (C=O) groups is 1. The lowest BCUT2D eigenvalue weighted by atomic mass is 9.89. The first-order valence-electron chi connectivity index (χ1n) is 8.74. The van der Waals surface area contributed by atoms with Gasteiger partial charge in [0.05, 0.1) is 17.6 Å². The minimum Gasteiger partial charge on any atom is -0.462 e. The Morgan fingerprint density at radius 3 is 2.32 bits per heavy atom. The summed E-state index contributed by atoms with van der Waals surface area (Å²) in [6, 6.07) is 0. The number of esters is 1. The maximum Gasteiger partial charge on any atom is 0.309 e. The van der Waals surface area contributed by atoms with Gasteiger partial charge < -0.3 is 9.47 Å². The first-order valence-corrected chi connectivity index (χ1v) is 8.74. The van der Waals surface area contributed by atoms with Crippen LogP contribution in [0.3, 0.4) is 0 Å². The summed E-state index contributed by atoms with van der Waals surface area (Å²) < 4.78 is 11.6. The van der Waals surface area contributed by atoms with Gasteiger partial charge in [0, 0.05) is 0 Å². The van der Waals surface area contributed by atoms with Gasteiger partial charge >= 0.3 is 5.97 Å². The van der Waals surface area contributed by atoms with Gasteiger partial charge in [-0.05, 0) is 52.0 Å². The van der Waals surface area contributed by atoms with Crippen LogP contribution in [-0.4, -0.2) is 24.3 Å². The van der Waals surface area contributed by atoms with Gasteiger partial charge in [0.2, 0.25) is 0 Å².